The third-order valence-electron chi connectivity index (χ3n) is 9.25. The van der Waals surface area contributed by atoms with Gasteiger partial charge in [-0.25, -0.2) is 9.36 Å². The maximum atomic E-state index is 12.6. The average Bonchev–Trinajstić information content (AvgIpc) is 3.12. The van der Waals surface area contributed by atoms with Gasteiger partial charge in [-0.15, -0.1) is 0 Å². The van der Waals surface area contributed by atoms with Crippen LogP contribution in [0, 0.1) is 0 Å². The molecule has 0 aromatic heterocycles. The molecule has 1 N–H and O–H groups in total. The Hall–Kier alpha value is -1.77. The topological polar surface area (TPSA) is 108 Å². The van der Waals surface area contributed by atoms with Gasteiger partial charge in [0.05, 0.1) is 27.7 Å². The number of allylic oxidation sites excluding steroid dienone is 5. The number of unbranched alkanes of at least 4 members (excludes halogenated alkanes) is 22. The highest BCUT2D eigenvalue weighted by molar-refractivity contribution is 7.47. The Bertz CT molecular complexity index is 1020. The van der Waals surface area contributed by atoms with Crippen LogP contribution in [0.15, 0.2) is 36.5 Å². The smallest absolute Gasteiger partial charge is 0.462 e. The van der Waals surface area contributed by atoms with Crippen LogP contribution in [0.3, 0.4) is 0 Å². The summed E-state index contributed by atoms with van der Waals surface area (Å²) >= 11 is 0. The monoisotopic (exact) mass is 785 g/mol. The summed E-state index contributed by atoms with van der Waals surface area (Å²) in [6.45, 7) is 4.28. The number of esters is 2. The summed E-state index contributed by atoms with van der Waals surface area (Å²) in [7, 11) is 1.42. The number of phosphoric acid groups is 1. The van der Waals surface area contributed by atoms with E-state index in [0.29, 0.717) is 17.4 Å². The molecule has 0 spiro atoms. The molecule has 0 aliphatic heterocycles. The van der Waals surface area contributed by atoms with E-state index in [-0.39, 0.29) is 19.6 Å². The molecule has 2 atom stereocenters. The number of ether oxygens (including phenoxy) is 2. The van der Waals surface area contributed by atoms with E-state index in [1.165, 1.54) is 115 Å². The molecule has 0 saturated heterocycles. The molecule has 0 aromatic rings. The van der Waals surface area contributed by atoms with Crippen LogP contribution in [0.25, 0.3) is 0 Å². The number of phosphoric ester groups is 1. The lowest BCUT2D eigenvalue weighted by Gasteiger charge is -2.24. The van der Waals surface area contributed by atoms with Crippen molar-refractivity contribution in [3.63, 3.8) is 0 Å². The molecule has 10 heteroatoms. The first-order valence-electron chi connectivity index (χ1n) is 21.8. The van der Waals surface area contributed by atoms with Crippen LogP contribution in [0.5, 0.6) is 0 Å². The van der Waals surface area contributed by atoms with Crippen molar-refractivity contribution in [2.45, 2.75) is 187 Å². The van der Waals surface area contributed by atoms with Gasteiger partial charge in [-0.1, -0.05) is 160 Å². The molecule has 9 nitrogen and oxygen atoms in total. The maximum absolute atomic E-state index is 12.6. The summed E-state index contributed by atoms with van der Waals surface area (Å²) in [4.78, 5) is 35.2. The van der Waals surface area contributed by atoms with Crippen molar-refractivity contribution in [2.75, 3.05) is 47.5 Å². The van der Waals surface area contributed by atoms with Crippen molar-refractivity contribution in [1.82, 2.24) is 0 Å². The molecule has 0 bridgehead atoms. The van der Waals surface area contributed by atoms with Crippen molar-refractivity contribution < 1.29 is 42.1 Å². The van der Waals surface area contributed by atoms with E-state index in [9.17, 15) is 19.0 Å². The van der Waals surface area contributed by atoms with Crippen LogP contribution in [0.1, 0.15) is 181 Å². The molecule has 0 aromatic carbocycles. The van der Waals surface area contributed by atoms with E-state index in [0.717, 1.165) is 44.9 Å². The predicted octanol–water partition coefficient (Wildman–Crippen LogP) is 12.1. The van der Waals surface area contributed by atoms with E-state index in [1.807, 2.05) is 33.3 Å². The van der Waals surface area contributed by atoms with Crippen molar-refractivity contribution in [3.05, 3.63) is 36.5 Å². The molecule has 0 heterocycles. The quantitative estimate of drug-likeness (QED) is 0.0125. The molecule has 0 radical (unpaired) electrons. The molecular weight excluding hydrogens is 701 g/mol. The largest absolute Gasteiger partial charge is 0.472 e. The lowest BCUT2D eigenvalue weighted by Crippen LogP contribution is -2.37. The number of likely N-dealkylation sites (N-methyl/N-ethyl adjacent to an activating group) is 1. The normalized spacial score (nSPS) is 14.0. The molecule has 316 valence electrons. The highest BCUT2D eigenvalue weighted by atomic mass is 31.2. The highest BCUT2D eigenvalue weighted by Crippen LogP contribution is 2.43. The Balaban J connectivity index is 4.48. The van der Waals surface area contributed by atoms with Gasteiger partial charge >= 0.3 is 19.8 Å². The minimum absolute atomic E-state index is 0.0148. The second-order valence-corrected chi connectivity index (χ2v) is 17.3. The van der Waals surface area contributed by atoms with Crippen LogP contribution >= 0.6 is 7.82 Å². The Labute approximate surface area is 331 Å². The van der Waals surface area contributed by atoms with E-state index in [4.69, 9.17) is 18.5 Å². The maximum Gasteiger partial charge on any atom is 0.472 e. The summed E-state index contributed by atoms with van der Waals surface area (Å²) < 4.78 is 34.1. The van der Waals surface area contributed by atoms with Gasteiger partial charge < -0.3 is 18.9 Å². The number of hydrogen-bond acceptors (Lipinski definition) is 7. The summed E-state index contributed by atoms with van der Waals surface area (Å²) in [5.74, 6) is -1.06. The number of carbonyl (C=O) groups is 2. The minimum Gasteiger partial charge on any atom is -0.462 e. The zero-order valence-electron chi connectivity index (χ0n) is 35.5. The highest BCUT2D eigenvalue weighted by Gasteiger charge is 2.26. The van der Waals surface area contributed by atoms with Crippen molar-refractivity contribution >= 4 is 19.8 Å². The second-order valence-electron chi connectivity index (χ2n) is 15.8. The fourth-order valence-corrected chi connectivity index (χ4v) is 6.54. The van der Waals surface area contributed by atoms with Gasteiger partial charge in [0.15, 0.2) is 6.10 Å². The summed E-state index contributed by atoms with van der Waals surface area (Å²) in [6, 6.07) is 0. The lowest BCUT2D eigenvalue weighted by atomic mass is 10.1. The Morgan fingerprint density at radius 3 is 1.57 bits per heavy atom. The first-order chi connectivity index (χ1) is 26.0. The third kappa shape index (κ3) is 39.9. The van der Waals surface area contributed by atoms with Crippen molar-refractivity contribution in [1.29, 1.82) is 0 Å². The van der Waals surface area contributed by atoms with E-state index >= 15 is 0 Å². The molecule has 0 aliphatic carbocycles. The van der Waals surface area contributed by atoms with Crippen LogP contribution in [0.2, 0.25) is 0 Å². The number of carbonyl (C=O) groups excluding carboxylic acids is 2. The van der Waals surface area contributed by atoms with Crippen LogP contribution < -0.4 is 0 Å². The fourth-order valence-electron chi connectivity index (χ4n) is 5.80. The third-order valence-corrected chi connectivity index (χ3v) is 10.2. The first-order valence-corrected chi connectivity index (χ1v) is 23.3. The SMILES string of the molecule is CCCCCCCC/C=C/CCCCCCCC(=O)OC[C@H](COP(=O)(O)OCC[N+](C)(C)C)OC(=O)/C=C/C=C/CCCCCCCCCCCCC. The Kier molecular flexibility index (Phi) is 35.6. The van der Waals surface area contributed by atoms with Gasteiger partial charge in [0.25, 0.3) is 0 Å². The van der Waals surface area contributed by atoms with E-state index in [2.05, 4.69) is 26.0 Å². The lowest BCUT2D eigenvalue weighted by molar-refractivity contribution is -0.870. The molecule has 1 unspecified atom stereocenters. The van der Waals surface area contributed by atoms with Gasteiger partial charge in [0.2, 0.25) is 0 Å². The van der Waals surface area contributed by atoms with Gasteiger partial charge in [-0.05, 0) is 44.9 Å². The number of nitrogens with zero attached hydrogens (tertiary/aromatic N) is 1. The van der Waals surface area contributed by atoms with Crippen molar-refractivity contribution in [3.8, 4) is 0 Å². The molecule has 0 saturated carbocycles. The second kappa shape index (κ2) is 36.8. The molecule has 0 amide bonds. The van der Waals surface area contributed by atoms with Crippen LogP contribution in [-0.4, -0.2) is 74.9 Å². The van der Waals surface area contributed by atoms with Crippen LogP contribution in [-0.2, 0) is 32.7 Å². The Morgan fingerprint density at radius 2 is 1.07 bits per heavy atom. The molecule has 0 fully saturated rings. The molecule has 0 rings (SSSR count). The summed E-state index contributed by atoms with van der Waals surface area (Å²) in [5, 5.41) is 0. The fraction of sp³-hybridized carbons (Fsp3) is 0.818. The zero-order chi connectivity index (χ0) is 40.0. The number of rotatable bonds is 39. The molecule has 54 heavy (non-hydrogen) atoms. The predicted molar refractivity (Wildman–Crippen MR) is 224 cm³/mol. The van der Waals surface area contributed by atoms with Gasteiger partial charge in [-0.2, -0.15) is 0 Å². The summed E-state index contributed by atoms with van der Waals surface area (Å²) in [5.41, 5.74) is 0. The standard InChI is InChI=1S/C44H82NO8P/c1-6-8-10-12-14-16-18-20-22-24-26-28-30-32-34-36-43(46)50-40-42(41-52-54(48,49)51-39-38-45(3,4)5)53-44(47)37-35-33-31-29-27-25-23-21-19-17-15-13-11-9-7-2/h20,22,31,33,35,37,42H,6-19,21,23-30,32,34,36,38-41H2,1-5H3/p+1/b22-20+,33-31+,37-35+/t42-/m1/s1. The molecule has 0 aliphatic rings. The van der Waals surface area contributed by atoms with Crippen molar-refractivity contribution in [2.24, 2.45) is 0 Å². The molecular formula is C44H83NO8P+. The van der Waals surface area contributed by atoms with Gasteiger partial charge in [-0.3, -0.25) is 13.8 Å². The Morgan fingerprint density at radius 1 is 0.611 bits per heavy atom. The first kappa shape index (κ1) is 52.2. The number of quaternary nitrogens is 1. The van der Waals surface area contributed by atoms with Gasteiger partial charge in [0, 0.05) is 12.5 Å². The minimum atomic E-state index is -4.40. The number of hydrogen-bond donors (Lipinski definition) is 1. The van der Waals surface area contributed by atoms with Crippen LogP contribution in [0.4, 0.5) is 0 Å². The van der Waals surface area contributed by atoms with E-state index in [1.54, 1.807) is 6.08 Å². The zero-order valence-corrected chi connectivity index (χ0v) is 36.3. The van der Waals surface area contributed by atoms with Gasteiger partial charge in [0.1, 0.15) is 19.8 Å². The van der Waals surface area contributed by atoms with E-state index < -0.39 is 32.5 Å². The average molecular weight is 785 g/mol. The summed E-state index contributed by atoms with van der Waals surface area (Å²) in [6.07, 6.45) is 41.1.